The summed E-state index contributed by atoms with van der Waals surface area (Å²) in [5.41, 5.74) is 0. The van der Waals surface area contributed by atoms with Gasteiger partial charge in [-0.2, -0.15) is 0 Å². The van der Waals surface area contributed by atoms with Crippen LogP contribution >= 0.6 is 0 Å². The zero-order valence-electron chi connectivity index (χ0n) is 8.82. The van der Waals surface area contributed by atoms with Crippen molar-refractivity contribution < 1.29 is 0 Å². The summed E-state index contributed by atoms with van der Waals surface area (Å²) < 4.78 is 0. The van der Waals surface area contributed by atoms with Crippen molar-refractivity contribution in [3.8, 4) is 0 Å². The molecule has 0 fully saturated rings. The van der Waals surface area contributed by atoms with Gasteiger partial charge in [0.25, 0.3) is 0 Å². The molecule has 0 aromatic carbocycles. The highest BCUT2D eigenvalue weighted by Gasteiger charge is 2.01. The molecular weight excluding hydrogens is 148 g/mol. The Bertz CT molecular complexity index is 83.9. The highest BCUT2D eigenvalue weighted by Crippen LogP contribution is 1.99. The van der Waals surface area contributed by atoms with Crippen LogP contribution < -0.4 is 10.6 Å². The van der Waals surface area contributed by atoms with E-state index in [1.165, 1.54) is 19.3 Å². The van der Waals surface area contributed by atoms with Gasteiger partial charge < -0.3 is 10.6 Å². The van der Waals surface area contributed by atoms with Gasteiger partial charge >= 0.3 is 0 Å². The third-order valence-corrected chi connectivity index (χ3v) is 2.11. The van der Waals surface area contributed by atoms with E-state index in [0.717, 1.165) is 25.7 Å². The van der Waals surface area contributed by atoms with E-state index in [-0.39, 0.29) is 0 Å². The van der Waals surface area contributed by atoms with Gasteiger partial charge in [-0.15, -0.1) is 0 Å². The van der Waals surface area contributed by atoms with Crippen LogP contribution in [0.1, 0.15) is 40.0 Å². The van der Waals surface area contributed by atoms with E-state index in [0.29, 0.717) is 0 Å². The molecule has 0 rings (SSSR count). The summed E-state index contributed by atoms with van der Waals surface area (Å²) in [5, 5.41) is 6.85. The van der Waals surface area contributed by atoms with Crippen LogP contribution in [0.5, 0.6) is 0 Å². The number of likely N-dealkylation sites (N-methyl/N-ethyl adjacent to an activating group) is 1. The molecule has 0 aromatic rings. The lowest BCUT2D eigenvalue weighted by molar-refractivity contribution is 0.459. The lowest BCUT2D eigenvalue weighted by Gasteiger charge is -2.15. The van der Waals surface area contributed by atoms with Crippen LogP contribution in [0.25, 0.3) is 0 Å². The molecule has 0 bridgehead atoms. The Labute approximate surface area is 77.1 Å². The normalized spacial score (nSPS) is 13.2. The molecule has 2 heteroatoms. The average Bonchev–Trinajstić information content (AvgIpc) is 2.10. The fourth-order valence-corrected chi connectivity index (χ4v) is 1.34. The highest BCUT2D eigenvalue weighted by atomic mass is 15.0. The molecule has 0 aromatic heterocycles. The first-order chi connectivity index (χ1) is 5.85. The maximum atomic E-state index is 3.54. The molecule has 0 saturated carbocycles. The Hall–Kier alpha value is -0.0800. The summed E-state index contributed by atoms with van der Waals surface area (Å²) in [6.07, 6.45) is 3.84. The monoisotopic (exact) mass is 172 g/mol. The molecule has 0 aliphatic carbocycles. The Morgan fingerprint density at radius 1 is 1.08 bits per heavy atom. The van der Waals surface area contributed by atoms with Gasteiger partial charge in [0, 0.05) is 19.1 Å². The van der Waals surface area contributed by atoms with Gasteiger partial charge in [0.05, 0.1) is 0 Å². The van der Waals surface area contributed by atoms with Crippen molar-refractivity contribution in [1.29, 1.82) is 0 Å². The Kier molecular flexibility index (Phi) is 8.95. The molecule has 0 spiro atoms. The lowest BCUT2D eigenvalue weighted by Crippen LogP contribution is -2.34. The predicted molar refractivity (Wildman–Crippen MR) is 55.5 cm³/mol. The van der Waals surface area contributed by atoms with Crippen LogP contribution in [0.4, 0.5) is 0 Å². The first-order valence-corrected chi connectivity index (χ1v) is 5.29. The van der Waals surface area contributed by atoms with Crippen LogP contribution in [0.15, 0.2) is 0 Å². The van der Waals surface area contributed by atoms with Crippen molar-refractivity contribution in [2.24, 2.45) is 0 Å². The van der Waals surface area contributed by atoms with E-state index >= 15 is 0 Å². The summed E-state index contributed by atoms with van der Waals surface area (Å²) >= 11 is 0. The third-order valence-electron chi connectivity index (χ3n) is 2.11. The van der Waals surface area contributed by atoms with Crippen molar-refractivity contribution in [3.05, 3.63) is 0 Å². The van der Waals surface area contributed by atoms with Crippen LogP contribution in [0, 0.1) is 0 Å². The number of rotatable bonds is 8. The smallest absolute Gasteiger partial charge is 0.00793 e. The van der Waals surface area contributed by atoms with Gasteiger partial charge in [-0.3, -0.25) is 0 Å². The van der Waals surface area contributed by atoms with Gasteiger partial charge in [-0.1, -0.05) is 27.2 Å². The van der Waals surface area contributed by atoms with Crippen LogP contribution in [-0.2, 0) is 0 Å². The second-order valence-electron chi connectivity index (χ2n) is 3.20. The van der Waals surface area contributed by atoms with E-state index in [2.05, 4.69) is 31.4 Å². The maximum absolute atomic E-state index is 3.54. The summed E-state index contributed by atoms with van der Waals surface area (Å²) in [5.74, 6) is 0. The van der Waals surface area contributed by atoms with Crippen molar-refractivity contribution in [2.75, 3.05) is 19.6 Å². The topological polar surface area (TPSA) is 24.1 Å². The largest absolute Gasteiger partial charge is 0.316 e. The first kappa shape index (κ1) is 11.9. The molecule has 1 atom stereocenters. The van der Waals surface area contributed by atoms with Crippen molar-refractivity contribution >= 4 is 0 Å². The van der Waals surface area contributed by atoms with Crippen LogP contribution in [-0.4, -0.2) is 25.7 Å². The summed E-state index contributed by atoms with van der Waals surface area (Å²) in [4.78, 5) is 0. The molecule has 0 saturated heterocycles. The van der Waals surface area contributed by atoms with E-state index in [1.54, 1.807) is 0 Å². The van der Waals surface area contributed by atoms with Crippen molar-refractivity contribution in [1.82, 2.24) is 10.6 Å². The predicted octanol–water partition coefficient (Wildman–Crippen LogP) is 1.76. The quantitative estimate of drug-likeness (QED) is 0.545. The van der Waals surface area contributed by atoms with Gasteiger partial charge in [0.2, 0.25) is 0 Å². The van der Waals surface area contributed by atoms with Crippen molar-refractivity contribution in [3.63, 3.8) is 0 Å². The maximum Gasteiger partial charge on any atom is 0.00793 e. The summed E-state index contributed by atoms with van der Waals surface area (Å²) in [7, 11) is 0. The Morgan fingerprint density at radius 3 is 2.33 bits per heavy atom. The molecule has 2 N–H and O–H groups in total. The second kappa shape index (κ2) is 9.01. The molecule has 0 amide bonds. The van der Waals surface area contributed by atoms with Gasteiger partial charge in [-0.05, 0) is 19.4 Å². The zero-order valence-corrected chi connectivity index (χ0v) is 8.82. The molecule has 12 heavy (non-hydrogen) atoms. The molecule has 2 nitrogen and oxygen atoms in total. The molecule has 1 unspecified atom stereocenters. The van der Waals surface area contributed by atoms with E-state index in [1.807, 2.05) is 0 Å². The standard InChI is InChI=1S/C10H24N2/c1-4-7-10(5-2)12-9-8-11-6-3/h10-12H,4-9H2,1-3H3. The minimum atomic E-state index is 0.730. The van der Waals surface area contributed by atoms with Crippen LogP contribution in [0.3, 0.4) is 0 Å². The third kappa shape index (κ3) is 6.62. The molecule has 0 aliphatic rings. The molecular formula is C10H24N2. The fraction of sp³-hybridized carbons (Fsp3) is 1.00. The second-order valence-corrected chi connectivity index (χ2v) is 3.20. The summed E-state index contributed by atoms with van der Waals surface area (Å²) in [6.45, 7) is 9.91. The van der Waals surface area contributed by atoms with E-state index in [4.69, 9.17) is 0 Å². The zero-order chi connectivity index (χ0) is 9.23. The Balaban J connectivity index is 3.19. The number of hydrogen-bond donors (Lipinski definition) is 2. The average molecular weight is 172 g/mol. The van der Waals surface area contributed by atoms with Gasteiger partial charge in [-0.25, -0.2) is 0 Å². The molecule has 0 aliphatic heterocycles. The first-order valence-electron chi connectivity index (χ1n) is 5.29. The minimum absolute atomic E-state index is 0.730. The van der Waals surface area contributed by atoms with Gasteiger partial charge in [0.1, 0.15) is 0 Å². The lowest BCUT2D eigenvalue weighted by atomic mass is 10.1. The molecule has 0 heterocycles. The summed E-state index contributed by atoms with van der Waals surface area (Å²) in [6, 6.07) is 0.730. The molecule has 74 valence electrons. The van der Waals surface area contributed by atoms with E-state index in [9.17, 15) is 0 Å². The van der Waals surface area contributed by atoms with Crippen LogP contribution in [0.2, 0.25) is 0 Å². The fourth-order valence-electron chi connectivity index (χ4n) is 1.34. The number of nitrogens with one attached hydrogen (secondary N) is 2. The van der Waals surface area contributed by atoms with Crippen molar-refractivity contribution in [2.45, 2.75) is 46.1 Å². The number of hydrogen-bond acceptors (Lipinski definition) is 2. The SMILES string of the molecule is CCCC(CC)NCCNCC. The van der Waals surface area contributed by atoms with E-state index < -0.39 is 0 Å². The van der Waals surface area contributed by atoms with Gasteiger partial charge in [0.15, 0.2) is 0 Å². The minimum Gasteiger partial charge on any atom is -0.316 e. The Morgan fingerprint density at radius 2 is 1.83 bits per heavy atom. The molecule has 0 radical (unpaired) electrons. The highest BCUT2D eigenvalue weighted by molar-refractivity contribution is 4.64.